The Bertz CT molecular complexity index is 1830. The van der Waals surface area contributed by atoms with E-state index in [0.29, 0.717) is 11.5 Å². The highest BCUT2D eigenvalue weighted by Crippen LogP contribution is 2.43. The summed E-state index contributed by atoms with van der Waals surface area (Å²) in [5, 5.41) is 11.5. The number of rotatable bonds is 11. The van der Waals surface area contributed by atoms with Crippen LogP contribution in [0.5, 0.6) is 11.5 Å². The standard InChI is InChI=1S/C35H34N4O7/c1-5-19-38-21-37-32-29(33(38)41)36-22-39(32)34-31(44-4)30(40)28(46-34)20-45-35(23-9-7-6-8-10-23,24-11-15-26(42-2)16-12-24)25-13-17-27(43-3)18-14-25/h1,6-18,21-22,28,30-31,34,40H,19-20H2,2-4H3/t28-,30-,31-,34-/m1/s1. The molecule has 4 atom stereocenters. The van der Waals surface area contributed by atoms with Gasteiger partial charge in [-0.1, -0.05) is 60.5 Å². The maximum absolute atomic E-state index is 12.9. The largest absolute Gasteiger partial charge is 0.497 e. The molecule has 1 saturated heterocycles. The smallest absolute Gasteiger partial charge is 0.282 e. The highest BCUT2D eigenvalue weighted by Gasteiger charge is 2.48. The van der Waals surface area contributed by atoms with Gasteiger partial charge in [-0.15, -0.1) is 6.42 Å². The van der Waals surface area contributed by atoms with Crippen LogP contribution in [0, 0.1) is 12.3 Å². The monoisotopic (exact) mass is 622 g/mol. The van der Waals surface area contributed by atoms with E-state index in [4.69, 9.17) is 30.1 Å². The quantitative estimate of drug-likeness (QED) is 0.174. The van der Waals surface area contributed by atoms with Crippen molar-refractivity contribution >= 4 is 11.2 Å². The fourth-order valence-electron chi connectivity index (χ4n) is 5.96. The second-order valence-electron chi connectivity index (χ2n) is 10.8. The van der Waals surface area contributed by atoms with Gasteiger partial charge in [0.15, 0.2) is 17.4 Å². The van der Waals surface area contributed by atoms with Crippen molar-refractivity contribution in [3.63, 3.8) is 0 Å². The van der Waals surface area contributed by atoms with Crippen LogP contribution in [0.25, 0.3) is 11.2 Å². The summed E-state index contributed by atoms with van der Waals surface area (Å²) in [6, 6.07) is 25.2. The molecule has 11 nitrogen and oxygen atoms in total. The molecule has 1 aliphatic heterocycles. The molecule has 3 heterocycles. The minimum Gasteiger partial charge on any atom is -0.497 e. The number of methoxy groups -OCH3 is 3. The van der Waals surface area contributed by atoms with Gasteiger partial charge in [0, 0.05) is 7.11 Å². The molecule has 0 spiro atoms. The molecule has 5 aromatic rings. The maximum atomic E-state index is 12.9. The van der Waals surface area contributed by atoms with Crippen LogP contribution >= 0.6 is 0 Å². The van der Waals surface area contributed by atoms with E-state index < -0.39 is 30.1 Å². The van der Waals surface area contributed by atoms with Gasteiger partial charge in [-0.25, -0.2) is 9.97 Å². The zero-order valence-electron chi connectivity index (χ0n) is 25.6. The Kier molecular flexibility index (Phi) is 8.87. The molecule has 0 unspecified atom stereocenters. The molecule has 236 valence electrons. The summed E-state index contributed by atoms with van der Waals surface area (Å²) in [6.45, 7) is 0.0401. The number of aromatic nitrogens is 4. The molecule has 0 bridgehead atoms. The van der Waals surface area contributed by atoms with E-state index in [-0.39, 0.29) is 29.9 Å². The van der Waals surface area contributed by atoms with Crippen molar-refractivity contribution in [2.45, 2.75) is 36.7 Å². The Hall–Kier alpha value is -4.99. The first-order chi connectivity index (χ1) is 22.4. The van der Waals surface area contributed by atoms with Crippen molar-refractivity contribution < 1.29 is 28.8 Å². The predicted molar refractivity (Wildman–Crippen MR) is 170 cm³/mol. The first kappa shape index (κ1) is 31.0. The summed E-state index contributed by atoms with van der Waals surface area (Å²) in [5.74, 6) is 3.84. The number of nitrogens with zero attached hydrogens (tertiary/aromatic N) is 4. The summed E-state index contributed by atoms with van der Waals surface area (Å²) in [5.41, 5.74) is 1.47. The fourth-order valence-corrected chi connectivity index (χ4v) is 5.96. The van der Waals surface area contributed by atoms with Crippen molar-refractivity contribution in [1.82, 2.24) is 19.1 Å². The van der Waals surface area contributed by atoms with Crippen LogP contribution in [-0.4, -0.2) is 70.5 Å². The van der Waals surface area contributed by atoms with Gasteiger partial charge >= 0.3 is 0 Å². The second kappa shape index (κ2) is 13.2. The number of aliphatic hydroxyl groups is 1. The SMILES string of the molecule is C#CCn1cnc2c(ncn2[C@@H]2O[C@H](COC(c3ccccc3)(c3ccc(OC)cc3)c3ccc(OC)cc3)[C@@H](O)[C@H]2OC)c1=O. The summed E-state index contributed by atoms with van der Waals surface area (Å²) < 4.78 is 32.9. The predicted octanol–water partition coefficient (Wildman–Crippen LogP) is 3.53. The van der Waals surface area contributed by atoms with Gasteiger partial charge in [0.1, 0.15) is 41.7 Å². The van der Waals surface area contributed by atoms with Gasteiger partial charge in [-0.2, -0.15) is 0 Å². The molecule has 1 fully saturated rings. The van der Waals surface area contributed by atoms with E-state index in [9.17, 15) is 9.90 Å². The number of fused-ring (bicyclic) bond motifs is 1. The number of hydrogen-bond donors (Lipinski definition) is 1. The minimum atomic E-state index is -1.12. The first-order valence-corrected chi connectivity index (χ1v) is 14.7. The average molecular weight is 623 g/mol. The second-order valence-corrected chi connectivity index (χ2v) is 10.8. The number of hydrogen-bond acceptors (Lipinski definition) is 9. The van der Waals surface area contributed by atoms with Crippen LogP contribution in [0.4, 0.5) is 0 Å². The minimum absolute atomic E-state index is 0.0283. The lowest BCUT2D eigenvalue weighted by molar-refractivity contribution is -0.0948. The zero-order chi connectivity index (χ0) is 32.3. The van der Waals surface area contributed by atoms with Crippen LogP contribution in [0.2, 0.25) is 0 Å². The van der Waals surface area contributed by atoms with E-state index in [1.54, 1.807) is 18.8 Å². The number of aliphatic hydroxyl groups excluding tert-OH is 1. The van der Waals surface area contributed by atoms with Gasteiger partial charge in [0.25, 0.3) is 5.56 Å². The molecular weight excluding hydrogens is 588 g/mol. The molecule has 46 heavy (non-hydrogen) atoms. The summed E-state index contributed by atoms with van der Waals surface area (Å²) in [7, 11) is 4.72. The number of benzene rings is 3. The van der Waals surface area contributed by atoms with Crippen molar-refractivity contribution in [1.29, 1.82) is 0 Å². The zero-order valence-corrected chi connectivity index (χ0v) is 25.6. The Morgan fingerprint density at radius 2 is 1.50 bits per heavy atom. The molecule has 2 aromatic heterocycles. The normalized spacial score (nSPS) is 19.6. The van der Waals surface area contributed by atoms with Crippen LogP contribution in [0.3, 0.4) is 0 Å². The van der Waals surface area contributed by atoms with Crippen molar-refractivity contribution in [3.05, 3.63) is 119 Å². The molecule has 0 amide bonds. The van der Waals surface area contributed by atoms with Gasteiger partial charge in [0.05, 0.1) is 33.7 Å². The van der Waals surface area contributed by atoms with Crippen LogP contribution in [-0.2, 0) is 26.4 Å². The van der Waals surface area contributed by atoms with Crippen molar-refractivity contribution in [3.8, 4) is 23.8 Å². The fraction of sp³-hybridized carbons (Fsp3) is 0.286. The van der Waals surface area contributed by atoms with Crippen LogP contribution in [0.15, 0.2) is 96.3 Å². The maximum Gasteiger partial charge on any atom is 0.282 e. The van der Waals surface area contributed by atoms with Gasteiger partial charge in [-0.05, 0) is 41.0 Å². The van der Waals surface area contributed by atoms with Gasteiger partial charge < -0.3 is 28.8 Å². The van der Waals surface area contributed by atoms with E-state index >= 15 is 0 Å². The number of ether oxygens (including phenoxy) is 5. The molecule has 1 aliphatic rings. The molecule has 0 radical (unpaired) electrons. The highest BCUT2D eigenvalue weighted by atomic mass is 16.6. The lowest BCUT2D eigenvalue weighted by Crippen LogP contribution is -2.40. The summed E-state index contributed by atoms with van der Waals surface area (Å²) in [6.07, 6.45) is 4.64. The Morgan fingerprint density at radius 3 is 2.07 bits per heavy atom. The first-order valence-electron chi connectivity index (χ1n) is 14.7. The van der Waals surface area contributed by atoms with Crippen molar-refractivity contribution in [2.24, 2.45) is 0 Å². The topological polar surface area (TPSA) is 119 Å². The van der Waals surface area contributed by atoms with Crippen LogP contribution in [0.1, 0.15) is 22.9 Å². The van der Waals surface area contributed by atoms with E-state index in [2.05, 4.69) is 15.9 Å². The van der Waals surface area contributed by atoms with Crippen molar-refractivity contribution in [2.75, 3.05) is 27.9 Å². The van der Waals surface area contributed by atoms with Gasteiger partial charge in [0.2, 0.25) is 0 Å². The third-order valence-electron chi connectivity index (χ3n) is 8.31. The van der Waals surface area contributed by atoms with Gasteiger partial charge in [-0.3, -0.25) is 13.9 Å². The number of imidazole rings is 1. The molecular formula is C35H34N4O7. The lowest BCUT2D eigenvalue weighted by Gasteiger charge is -2.37. The molecule has 0 aliphatic carbocycles. The van der Waals surface area contributed by atoms with E-state index in [0.717, 1.165) is 16.7 Å². The Balaban J connectivity index is 1.39. The number of terminal acetylenes is 1. The lowest BCUT2D eigenvalue weighted by atomic mass is 9.80. The highest BCUT2D eigenvalue weighted by molar-refractivity contribution is 5.69. The van der Waals surface area contributed by atoms with Crippen LogP contribution < -0.4 is 15.0 Å². The Labute approximate surface area is 265 Å². The third-order valence-corrected chi connectivity index (χ3v) is 8.31. The third kappa shape index (κ3) is 5.42. The summed E-state index contributed by atoms with van der Waals surface area (Å²) >= 11 is 0. The molecule has 3 aromatic carbocycles. The molecule has 1 N–H and O–H groups in total. The van der Waals surface area contributed by atoms with E-state index in [1.165, 1.54) is 24.3 Å². The summed E-state index contributed by atoms with van der Waals surface area (Å²) in [4.78, 5) is 21.6. The van der Waals surface area contributed by atoms with E-state index in [1.807, 2.05) is 78.9 Å². The average Bonchev–Trinajstić information content (AvgIpc) is 3.68. The molecule has 11 heteroatoms. The molecule has 6 rings (SSSR count). The Morgan fingerprint density at radius 1 is 0.891 bits per heavy atom. The molecule has 0 saturated carbocycles.